The summed E-state index contributed by atoms with van der Waals surface area (Å²) in [5, 5.41) is 0. The van der Waals surface area contributed by atoms with Crippen molar-refractivity contribution in [1.29, 1.82) is 0 Å². The van der Waals surface area contributed by atoms with Crippen molar-refractivity contribution in [2.75, 3.05) is 79.8 Å². The van der Waals surface area contributed by atoms with Crippen LogP contribution in [0.15, 0.2) is 12.1 Å². The zero-order valence-corrected chi connectivity index (χ0v) is 23.7. The van der Waals surface area contributed by atoms with Gasteiger partial charge in [-0.15, -0.1) is 0 Å². The van der Waals surface area contributed by atoms with Crippen molar-refractivity contribution in [2.45, 2.75) is 57.5 Å². The number of cyclic esters (lactones) is 1. The third-order valence-corrected chi connectivity index (χ3v) is 7.79. The van der Waals surface area contributed by atoms with Gasteiger partial charge in [0.15, 0.2) is 11.5 Å². The van der Waals surface area contributed by atoms with Gasteiger partial charge in [-0.3, -0.25) is 0 Å². The van der Waals surface area contributed by atoms with Gasteiger partial charge in [0.2, 0.25) is 5.75 Å². The summed E-state index contributed by atoms with van der Waals surface area (Å²) in [5.74, 6) is 0.858. The van der Waals surface area contributed by atoms with E-state index in [-0.39, 0.29) is 12.2 Å². The van der Waals surface area contributed by atoms with E-state index in [4.69, 9.17) is 23.7 Å². The molecule has 39 heavy (non-hydrogen) atoms. The molecule has 0 aliphatic carbocycles. The van der Waals surface area contributed by atoms with Gasteiger partial charge in [-0.25, -0.2) is 9.59 Å². The number of fused-ring (bicyclic) bond motifs is 5. The molecule has 3 aliphatic rings. The minimum Gasteiger partial charge on any atom is -0.493 e. The summed E-state index contributed by atoms with van der Waals surface area (Å²) in [6.45, 7) is 8.12. The van der Waals surface area contributed by atoms with Gasteiger partial charge in [0.1, 0.15) is 6.10 Å². The number of hydrogen-bond acceptors (Lipinski definition) is 9. The van der Waals surface area contributed by atoms with Crippen molar-refractivity contribution >= 4 is 12.1 Å². The van der Waals surface area contributed by atoms with Crippen LogP contribution in [-0.4, -0.2) is 113 Å². The first-order valence-electron chi connectivity index (χ1n) is 14.5. The Bertz CT molecular complexity index is 938. The highest BCUT2D eigenvalue weighted by atomic mass is 16.6. The molecule has 3 heterocycles. The molecule has 1 amide bonds. The van der Waals surface area contributed by atoms with Gasteiger partial charge in [-0.2, -0.15) is 0 Å². The molecule has 0 spiro atoms. The number of carbonyl (C=O) groups is 2. The summed E-state index contributed by atoms with van der Waals surface area (Å²) in [6, 6.07) is 3.27. The van der Waals surface area contributed by atoms with Gasteiger partial charge in [-0.05, 0) is 76.6 Å². The molecule has 3 atom stereocenters. The maximum absolute atomic E-state index is 12.9. The van der Waals surface area contributed by atoms with Gasteiger partial charge >= 0.3 is 12.1 Å². The molecule has 1 aromatic rings. The molecule has 2 fully saturated rings. The number of likely N-dealkylation sites (tertiary alicyclic amines) is 1. The molecule has 218 valence electrons. The van der Waals surface area contributed by atoms with E-state index >= 15 is 0 Å². The van der Waals surface area contributed by atoms with Crippen LogP contribution in [0.5, 0.6) is 17.2 Å². The number of ether oxygens (including phenoxy) is 5. The van der Waals surface area contributed by atoms with Crippen LogP contribution >= 0.6 is 0 Å². The van der Waals surface area contributed by atoms with Crippen molar-refractivity contribution in [3.05, 3.63) is 17.7 Å². The predicted molar refractivity (Wildman–Crippen MR) is 147 cm³/mol. The molecular weight excluding hydrogens is 502 g/mol. The quantitative estimate of drug-likeness (QED) is 0.524. The van der Waals surface area contributed by atoms with Crippen LogP contribution in [0.4, 0.5) is 4.79 Å². The van der Waals surface area contributed by atoms with Crippen LogP contribution in [0.1, 0.15) is 61.7 Å². The second kappa shape index (κ2) is 15.2. The van der Waals surface area contributed by atoms with E-state index in [1.807, 2.05) is 4.90 Å². The topological polar surface area (TPSA) is 90.0 Å². The minimum absolute atomic E-state index is 0.179. The van der Waals surface area contributed by atoms with E-state index in [0.29, 0.717) is 48.9 Å². The molecule has 1 aromatic carbocycles. The van der Waals surface area contributed by atoms with Crippen LogP contribution in [-0.2, 0) is 9.47 Å². The maximum atomic E-state index is 12.9. The Labute approximate surface area is 232 Å². The SMILES string of the molecule is COc1cc2cc(c1OC)OCCCC(OC(=O)N1CCCCC1)CCN1CCCN(CCCOC2=O)CC1. The fourth-order valence-electron chi connectivity index (χ4n) is 5.54. The average molecular weight is 548 g/mol. The number of esters is 1. The van der Waals surface area contributed by atoms with Crippen LogP contribution in [0.2, 0.25) is 0 Å². The smallest absolute Gasteiger partial charge is 0.410 e. The van der Waals surface area contributed by atoms with E-state index in [9.17, 15) is 9.59 Å². The molecule has 2 saturated heterocycles. The van der Waals surface area contributed by atoms with E-state index in [1.165, 1.54) is 13.5 Å². The number of hydrogen-bond donors (Lipinski definition) is 0. The Morgan fingerprint density at radius 2 is 1.49 bits per heavy atom. The number of amides is 1. The van der Waals surface area contributed by atoms with Gasteiger partial charge in [0.25, 0.3) is 0 Å². The lowest BCUT2D eigenvalue weighted by molar-refractivity contribution is 0.0429. The van der Waals surface area contributed by atoms with Gasteiger partial charge in [0.05, 0.1) is 33.0 Å². The van der Waals surface area contributed by atoms with E-state index in [1.54, 1.807) is 19.2 Å². The third-order valence-electron chi connectivity index (χ3n) is 7.79. The van der Waals surface area contributed by atoms with Gasteiger partial charge < -0.3 is 38.4 Å². The van der Waals surface area contributed by atoms with Crippen LogP contribution in [0, 0.1) is 0 Å². The van der Waals surface area contributed by atoms with Crippen molar-refractivity contribution in [2.24, 2.45) is 0 Å². The summed E-state index contributed by atoms with van der Waals surface area (Å²) in [4.78, 5) is 32.5. The van der Waals surface area contributed by atoms with Crippen molar-refractivity contribution in [1.82, 2.24) is 14.7 Å². The molecular formula is C29H45N3O7. The van der Waals surface area contributed by atoms with Crippen LogP contribution in [0.25, 0.3) is 0 Å². The Hall–Kier alpha value is -2.72. The Kier molecular flexibility index (Phi) is 11.4. The second-order valence-corrected chi connectivity index (χ2v) is 10.6. The van der Waals surface area contributed by atoms with Gasteiger partial charge in [0, 0.05) is 39.3 Å². The number of nitrogens with zero attached hydrogens (tertiary/aromatic N) is 3. The highest BCUT2D eigenvalue weighted by Crippen LogP contribution is 2.39. The molecule has 0 N–H and O–H groups in total. The number of piperidine rings is 1. The Balaban J connectivity index is 1.48. The largest absolute Gasteiger partial charge is 0.493 e. The van der Waals surface area contributed by atoms with Crippen LogP contribution in [0.3, 0.4) is 0 Å². The molecule has 10 heteroatoms. The number of benzene rings is 1. The Morgan fingerprint density at radius 1 is 0.769 bits per heavy atom. The summed E-state index contributed by atoms with van der Waals surface area (Å²) in [7, 11) is 3.07. The zero-order chi connectivity index (χ0) is 27.5. The maximum Gasteiger partial charge on any atom is 0.410 e. The first-order valence-corrected chi connectivity index (χ1v) is 14.5. The molecule has 0 saturated carbocycles. The lowest BCUT2D eigenvalue weighted by Crippen LogP contribution is -2.39. The molecule has 0 radical (unpaired) electrons. The normalized spacial score (nSPS) is 25.6. The van der Waals surface area contributed by atoms with Gasteiger partial charge in [-0.1, -0.05) is 0 Å². The summed E-state index contributed by atoms with van der Waals surface area (Å²) in [6.07, 6.45) is 6.93. The van der Waals surface area contributed by atoms with E-state index in [0.717, 1.165) is 84.5 Å². The lowest BCUT2D eigenvalue weighted by atomic mass is 10.1. The molecule has 3 unspecified atom stereocenters. The number of carbonyl (C=O) groups excluding carboxylic acids is 2. The summed E-state index contributed by atoms with van der Waals surface area (Å²) < 4.78 is 28.7. The molecule has 4 bridgehead atoms. The Morgan fingerprint density at radius 3 is 2.23 bits per heavy atom. The molecule has 0 aromatic heterocycles. The fourth-order valence-corrected chi connectivity index (χ4v) is 5.54. The number of rotatable bonds is 3. The van der Waals surface area contributed by atoms with Crippen molar-refractivity contribution < 1.29 is 33.3 Å². The average Bonchev–Trinajstić information content (AvgIpc) is 3.20. The third kappa shape index (κ3) is 8.63. The molecule has 4 rings (SSSR count). The van der Waals surface area contributed by atoms with Crippen molar-refractivity contribution in [3.8, 4) is 17.2 Å². The van der Waals surface area contributed by atoms with Crippen LogP contribution < -0.4 is 14.2 Å². The second-order valence-electron chi connectivity index (χ2n) is 10.6. The summed E-state index contributed by atoms with van der Waals surface area (Å²) in [5.41, 5.74) is 0.360. The van der Waals surface area contributed by atoms with Crippen molar-refractivity contribution in [3.63, 3.8) is 0 Å². The lowest BCUT2D eigenvalue weighted by Gasteiger charge is -2.29. The van der Waals surface area contributed by atoms with E-state index < -0.39 is 5.97 Å². The first kappa shape index (κ1) is 29.3. The zero-order valence-electron chi connectivity index (χ0n) is 23.7. The highest BCUT2D eigenvalue weighted by Gasteiger charge is 2.24. The monoisotopic (exact) mass is 547 g/mol. The molecule has 10 nitrogen and oxygen atoms in total. The highest BCUT2D eigenvalue weighted by molar-refractivity contribution is 5.91. The predicted octanol–water partition coefficient (Wildman–Crippen LogP) is 3.81. The first-order chi connectivity index (χ1) is 19.1. The van der Waals surface area contributed by atoms with E-state index in [2.05, 4.69) is 9.80 Å². The standard InChI is InChI=1S/C29H45N3O7/c1-35-25-21-23-22-26(27(25)36-2)37-19-6-9-24(39-29(34)32-14-4-3-5-15-32)10-16-31-12-7-11-30(17-18-31)13-8-20-38-28(23)33/h21-22,24H,3-20H2,1-2H3. The molecule has 3 aliphatic heterocycles. The number of methoxy groups -OCH3 is 2. The minimum atomic E-state index is -0.412. The fraction of sp³-hybridized carbons (Fsp3) is 0.724. The summed E-state index contributed by atoms with van der Waals surface area (Å²) >= 11 is 0.